The van der Waals surface area contributed by atoms with Crippen molar-refractivity contribution in [2.45, 2.75) is 0 Å². The van der Waals surface area contributed by atoms with Gasteiger partial charge < -0.3 is 5.32 Å². The molecule has 1 heterocycles. The molecule has 1 N–H and O–H groups in total. The van der Waals surface area contributed by atoms with Crippen LogP contribution in [-0.4, -0.2) is 25.2 Å². The van der Waals surface area contributed by atoms with E-state index in [1.807, 2.05) is 24.3 Å². The summed E-state index contributed by atoms with van der Waals surface area (Å²) in [5, 5.41) is 9.15. The van der Waals surface area contributed by atoms with Gasteiger partial charge in [0, 0.05) is 33.1 Å². The number of carbonyl (C=O) groups is 1. The molecule has 0 unspecified atom stereocenters. The molecule has 0 aliphatic carbocycles. The summed E-state index contributed by atoms with van der Waals surface area (Å²) in [6.45, 7) is 0. The van der Waals surface area contributed by atoms with Crippen molar-refractivity contribution in [2.24, 2.45) is 0 Å². The summed E-state index contributed by atoms with van der Waals surface area (Å²) in [5.74, 6) is -0.607. The number of nitrogens with one attached hydrogen (secondary N) is 1. The minimum absolute atomic E-state index is 0.0254. The van der Waals surface area contributed by atoms with Gasteiger partial charge in [-0.1, -0.05) is 58.5 Å². The van der Waals surface area contributed by atoms with E-state index in [9.17, 15) is 4.79 Å². The summed E-state index contributed by atoms with van der Waals surface area (Å²) in [4.78, 5) is 12.7. The van der Waals surface area contributed by atoms with Crippen LogP contribution in [0.15, 0.2) is 72.9 Å². The van der Waals surface area contributed by atoms with Gasteiger partial charge in [0.2, 0.25) is 0 Å². The van der Waals surface area contributed by atoms with Crippen molar-refractivity contribution in [1.82, 2.24) is 14.2 Å². The molecule has 4 rings (SSSR count). The van der Waals surface area contributed by atoms with Gasteiger partial charge in [-0.25, -0.2) is 4.68 Å². The molecule has 0 saturated heterocycles. The van der Waals surface area contributed by atoms with E-state index >= 15 is 0 Å². The standard InChI is InChI=1S/C23H13Cl5N4OS/c24-14-3-1-13(2-4-14)21-20(27)12-31(30-21)17-8-6-16(7-9-17)29-23(34)32(28)22(33)18-11-15(25)5-10-19(18)26/h1-12H,(H,29,34). The minimum Gasteiger partial charge on any atom is -0.331 e. The van der Waals surface area contributed by atoms with Crippen molar-refractivity contribution in [3.05, 3.63) is 98.6 Å². The highest BCUT2D eigenvalue weighted by molar-refractivity contribution is 7.80. The Kier molecular flexibility index (Phi) is 7.67. The molecule has 11 heteroatoms. The van der Waals surface area contributed by atoms with E-state index in [2.05, 4.69) is 10.4 Å². The number of benzene rings is 3. The smallest absolute Gasteiger partial charge is 0.276 e. The Labute approximate surface area is 225 Å². The Bertz CT molecular complexity index is 1370. The molecule has 0 fully saturated rings. The zero-order valence-electron chi connectivity index (χ0n) is 17.0. The number of amides is 1. The van der Waals surface area contributed by atoms with Crippen molar-refractivity contribution >= 4 is 87.1 Å². The third kappa shape index (κ3) is 5.49. The maximum atomic E-state index is 12.7. The number of halogens is 5. The second kappa shape index (κ2) is 10.5. The highest BCUT2D eigenvalue weighted by atomic mass is 35.5. The monoisotopic (exact) mass is 568 g/mol. The molecule has 0 spiro atoms. The van der Waals surface area contributed by atoms with Crippen molar-refractivity contribution in [3.8, 4) is 16.9 Å². The van der Waals surface area contributed by atoms with Crippen molar-refractivity contribution in [2.75, 3.05) is 5.32 Å². The van der Waals surface area contributed by atoms with Gasteiger partial charge in [0.15, 0.2) is 5.11 Å². The molecule has 172 valence electrons. The molecule has 34 heavy (non-hydrogen) atoms. The molecular formula is C23H13Cl5N4OS. The van der Waals surface area contributed by atoms with Crippen molar-refractivity contribution in [1.29, 1.82) is 0 Å². The van der Waals surface area contributed by atoms with Gasteiger partial charge >= 0.3 is 0 Å². The first-order chi connectivity index (χ1) is 16.2. The van der Waals surface area contributed by atoms with Crippen LogP contribution in [0.3, 0.4) is 0 Å². The van der Waals surface area contributed by atoms with E-state index in [0.717, 1.165) is 15.7 Å². The Balaban J connectivity index is 1.47. The van der Waals surface area contributed by atoms with Gasteiger partial charge in [-0.05, 0) is 66.8 Å². The minimum atomic E-state index is -0.607. The van der Waals surface area contributed by atoms with Crippen LogP contribution in [0.2, 0.25) is 20.1 Å². The van der Waals surface area contributed by atoms with Gasteiger partial charge in [0.25, 0.3) is 5.91 Å². The van der Waals surface area contributed by atoms with Crippen LogP contribution >= 0.6 is 70.4 Å². The molecule has 0 radical (unpaired) electrons. The first-order valence-electron chi connectivity index (χ1n) is 9.61. The second-order valence-corrected chi connectivity index (χ2v) is 9.38. The summed E-state index contributed by atoms with van der Waals surface area (Å²) in [5.41, 5.74) is 3.00. The van der Waals surface area contributed by atoms with Crippen LogP contribution < -0.4 is 5.32 Å². The molecule has 5 nitrogen and oxygen atoms in total. The van der Waals surface area contributed by atoms with Crippen LogP contribution in [0, 0.1) is 0 Å². The molecular weight excluding hydrogens is 558 g/mol. The highest BCUT2D eigenvalue weighted by Crippen LogP contribution is 2.29. The number of carbonyl (C=O) groups excluding carboxylic acids is 1. The van der Waals surface area contributed by atoms with Gasteiger partial charge in [0.1, 0.15) is 5.69 Å². The fourth-order valence-electron chi connectivity index (χ4n) is 3.02. The van der Waals surface area contributed by atoms with Crippen LogP contribution in [0.4, 0.5) is 5.69 Å². The lowest BCUT2D eigenvalue weighted by molar-refractivity contribution is 0.0916. The number of thiocarbonyl (C=S) groups is 1. The topological polar surface area (TPSA) is 50.2 Å². The average molecular weight is 571 g/mol. The molecule has 0 aliphatic heterocycles. The second-order valence-electron chi connectivity index (χ2n) is 6.96. The number of rotatable bonds is 4. The summed E-state index contributed by atoms with van der Waals surface area (Å²) in [7, 11) is 0. The third-order valence-electron chi connectivity index (χ3n) is 4.69. The van der Waals surface area contributed by atoms with Crippen molar-refractivity contribution < 1.29 is 4.79 Å². The lowest BCUT2D eigenvalue weighted by Crippen LogP contribution is -2.32. The molecule has 1 aromatic heterocycles. The molecule has 0 saturated carbocycles. The first-order valence-corrected chi connectivity index (χ1v) is 11.9. The average Bonchev–Trinajstić information content (AvgIpc) is 3.22. The predicted molar refractivity (Wildman–Crippen MR) is 144 cm³/mol. The molecule has 1 amide bonds. The van der Waals surface area contributed by atoms with Gasteiger partial charge in [-0.2, -0.15) is 9.52 Å². The largest absolute Gasteiger partial charge is 0.331 e. The van der Waals surface area contributed by atoms with E-state index < -0.39 is 5.91 Å². The summed E-state index contributed by atoms with van der Waals surface area (Å²) < 4.78 is 2.43. The molecule has 0 atom stereocenters. The maximum Gasteiger partial charge on any atom is 0.276 e. The third-order valence-corrected chi connectivity index (χ3v) is 6.49. The fraction of sp³-hybridized carbons (Fsp3) is 0. The lowest BCUT2D eigenvalue weighted by Gasteiger charge is -2.17. The van der Waals surface area contributed by atoms with Crippen molar-refractivity contribution in [3.63, 3.8) is 0 Å². The predicted octanol–water partition coefficient (Wildman–Crippen LogP) is 8.15. The van der Waals surface area contributed by atoms with Crippen LogP contribution in [0.25, 0.3) is 16.9 Å². The van der Waals surface area contributed by atoms with E-state index in [0.29, 0.717) is 26.4 Å². The molecule has 0 bridgehead atoms. The fourth-order valence-corrected chi connectivity index (χ4v) is 4.09. The number of aromatic nitrogens is 2. The molecule has 3 aromatic carbocycles. The lowest BCUT2D eigenvalue weighted by atomic mass is 10.2. The van der Waals surface area contributed by atoms with Gasteiger partial charge in [0.05, 0.1) is 27.5 Å². The molecule has 4 aromatic rings. The highest BCUT2D eigenvalue weighted by Gasteiger charge is 2.21. The van der Waals surface area contributed by atoms with E-state index in [-0.39, 0.29) is 15.7 Å². The first kappa shape index (κ1) is 24.8. The van der Waals surface area contributed by atoms with E-state index in [1.54, 1.807) is 41.2 Å². The normalized spacial score (nSPS) is 10.7. The Morgan fingerprint density at radius 3 is 2.21 bits per heavy atom. The van der Waals surface area contributed by atoms with Crippen LogP contribution in [0.5, 0.6) is 0 Å². The maximum absolute atomic E-state index is 12.7. The Hall–Kier alpha value is -2.32. The number of nitrogens with zero attached hydrogens (tertiary/aromatic N) is 3. The quantitative estimate of drug-likeness (QED) is 0.199. The number of hydrogen-bond acceptors (Lipinski definition) is 3. The van der Waals surface area contributed by atoms with Crippen LogP contribution in [-0.2, 0) is 0 Å². The van der Waals surface area contributed by atoms with Crippen LogP contribution in [0.1, 0.15) is 10.4 Å². The zero-order chi connectivity index (χ0) is 24.4. The summed E-state index contributed by atoms with van der Waals surface area (Å²) in [6, 6.07) is 18.9. The Morgan fingerprint density at radius 1 is 0.882 bits per heavy atom. The SMILES string of the molecule is O=C(c1cc(Cl)ccc1Cl)N(Cl)C(=S)Nc1ccc(-n2cc(Cl)c(-c3ccc(Cl)cc3)n2)cc1. The summed E-state index contributed by atoms with van der Waals surface area (Å²) >= 11 is 35.8. The van der Waals surface area contributed by atoms with Gasteiger partial charge in [-0.3, -0.25) is 4.79 Å². The summed E-state index contributed by atoms with van der Waals surface area (Å²) in [6.07, 6.45) is 1.71. The van der Waals surface area contributed by atoms with E-state index in [1.165, 1.54) is 12.1 Å². The van der Waals surface area contributed by atoms with Gasteiger partial charge in [-0.15, -0.1) is 0 Å². The Morgan fingerprint density at radius 2 is 1.53 bits per heavy atom. The molecule has 0 aliphatic rings. The number of anilines is 1. The number of hydrogen-bond donors (Lipinski definition) is 1. The zero-order valence-corrected chi connectivity index (χ0v) is 21.6. The van der Waals surface area contributed by atoms with E-state index in [4.69, 9.17) is 70.4 Å².